The first-order chi connectivity index (χ1) is 17.6. The highest BCUT2D eigenvalue weighted by molar-refractivity contribution is 5.96. The van der Waals surface area contributed by atoms with Gasteiger partial charge in [-0.2, -0.15) is 0 Å². The molecule has 1 aromatic rings. The van der Waals surface area contributed by atoms with Crippen LogP contribution in [0.5, 0.6) is 5.75 Å². The van der Waals surface area contributed by atoms with Crippen molar-refractivity contribution in [1.29, 1.82) is 0 Å². The second-order valence-corrected chi connectivity index (χ2v) is 11.6. The van der Waals surface area contributed by atoms with E-state index in [-0.39, 0.29) is 30.0 Å². The lowest BCUT2D eigenvalue weighted by Gasteiger charge is -2.49. The maximum absolute atomic E-state index is 13.6. The van der Waals surface area contributed by atoms with Gasteiger partial charge in [0.05, 0.1) is 17.8 Å². The summed E-state index contributed by atoms with van der Waals surface area (Å²) in [5, 5.41) is 10.4. The lowest BCUT2D eigenvalue weighted by molar-refractivity contribution is -0.334. The summed E-state index contributed by atoms with van der Waals surface area (Å²) < 4.78 is 19.5. The second kappa shape index (κ2) is 11.6. The summed E-state index contributed by atoms with van der Waals surface area (Å²) in [5.41, 5.74) is 4.06. The minimum Gasteiger partial charge on any atom is -0.508 e. The smallest absolute Gasteiger partial charge is 0.339 e. The third-order valence-corrected chi connectivity index (χ3v) is 8.24. The van der Waals surface area contributed by atoms with Gasteiger partial charge < -0.3 is 19.3 Å². The Balaban J connectivity index is 1.72. The highest BCUT2D eigenvalue weighted by Gasteiger charge is 2.48. The third kappa shape index (κ3) is 6.56. The number of benzene rings is 1. The van der Waals surface area contributed by atoms with Crippen LogP contribution >= 0.6 is 0 Å². The van der Waals surface area contributed by atoms with Gasteiger partial charge in [0.25, 0.3) is 0 Å². The number of fused-ring (bicyclic) bond motifs is 3. The van der Waals surface area contributed by atoms with E-state index in [9.17, 15) is 9.90 Å². The molecule has 2 fully saturated rings. The van der Waals surface area contributed by atoms with E-state index in [1.807, 2.05) is 19.1 Å². The average molecular weight is 509 g/mol. The topological polar surface area (TPSA) is 65.0 Å². The zero-order valence-corrected chi connectivity index (χ0v) is 23.4. The number of hydrogen-bond acceptors (Lipinski definition) is 5. The van der Waals surface area contributed by atoms with E-state index < -0.39 is 5.79 Å². The first-order valence-corrected chi connectivity index (χ1v) is 14.0. The maximum Gasteiger partial charge on any atom is 0.339 e. The standard InChI is InChI=1S/C32H44O5/c1-7-30-23(5)13-14-32(37-30)19-26-17-25(36-32)12-11-21(3)15-20(2)9-8-10-22(4)27-18-29(33)24(6)16-28(27)31(34)35-26/h8-11,16,18,20,23,25-26,30,33H,7,12-15,17,19H2,1-6H3/b9-8+,21-11+,22-10+/t20-,23-,25+,26-,30+,32+/m0/s1. The van der Waals surface area contributed by atoms with Crippen molar-refractivity contribution in [3.8, 4) is 5.75 Å². The molecule has 0 aromatic heterocycles. The van der Waals surface area contributed by atoms with Crippen molar-refractivity contribution in [3.05, 3.63) is 58.7 Å². The van der Waals surface area contributed by atoms with Gasteiger partial charge in [-0.25, -0.2) is 4.79 Å². The van der Waals surface area contributed by atoms with Gasteiger partial charge in [0.1, 0.15) is 11.9 Å². The number of ether oxygens (including phenoxy) is 3. The minimum atomic E-state index is -0.715. The number of hydrogen-bond donors (Lipinski definition) is 1. The predicted molar refractivity (Wildman–Crippen MR) is 147 cm³/mol. The molecule has 1 spiro atoms. The highest BCUT2D eigenvalue weighted by atomic mass is 16.7. The molecule has 5 heteroatoms. The van der Waals surface area contributed by atoms with Gasteiger partial charge in [0.2, 0.25) is 0 Å². The van der Waals surface area contributed by atoms with Crippen molar-refractivity contribution >= 4 is 11.5 Å². The predicted octanol–water partition coefficient (Wildman–Crippen LogP) is 7.66. The summed E-state index contributed by atoms with van der Waals surface area (Å²) >= 11 is 0. The molecule has 5 nitrogen and oxygen atoms in total. The molecule has 3 heterocycles. The van der Waals surface area contributed by atoms with Gasteiger partial charge in [-0.15, -0.1) is 0 Å². The summed E-state index contributed by atoms with van der Waals surface area (Å²) in [6.45, 7) is 12.6. The Morgan fingerprint density at radius 1 is 1.08 bits per heavy atom. The zero-order chi connectivity index (χ0) is 26.7. The van der Waals surface area contributed by atoms with Crippen molar-refractivity contribution in [1.82, 2.24) is 0 Å². The first kappa shape index (κ1) is 27.7. The van der Waals surface area contributed by atoms with E-state index in [0.29, 0.717) is 41.4 Å². The molecular formula is C32H44O5. The fraction of sp³-hybridized carbons (Fsp3) is 0.594. The third-order valence-electron chi connectivity index (χ3n) is 8.24. The Labute approximate surface area is 222 Å². The van der Waals surface area contributed by atoms with Crippen LogP contribution in [-0.4, -0.2) is 35.2 Å². The molecule has 0 radical (unpaired) electrons. The molecule has 37 heavy (non-hydrogen) atoms. The van der Waals surface area contributed by atoms with Crippen LogP contribution in [-0.2, 0) is 14.2 Å². The molecule has 1 N–H and O–H groups in total. The quantitative estimate of drug-likeness (QED) is 0.312. The highest BCUT2D eigenvalue weighted by Crippen LogP contribution is 2.43. The lowest BCUT2D eigenvalue weighted by Crippen LogP contribution is -2.54. The van der Waals surface area contributed by atoms with Crippen LogP contribution in [0.2, 0.25) is 0 Å². The van der Waals surface area contributed by atoms with Crippen molar-refractivity contribution in [2.45, 2.75) is 111 Å². The van der Waals surface area contributed by atoms with Crippen LogP contribution in [0.15, 0.2) is 42.0 Å². The number of aryl methyl sites for hydroxylation is 1. The molecule has 3 aliphatic rings. The number of carbonyl (C=O) groups is 1. The van der Waals surface area contributed by atoms with E-state index in [0.717, 1.165) is 37.7 Å². The van der Waals surface area contributed by atoms with E-state index in [1.165, 1.54) is 5.57 Å². The lowest BCUT2D eigenvalue weighted by atomic mass is 9.85. The summed E-state index contributed by atoms with van der Waals surface area (Å²) in [4.78, 5) is 13.6. The zero-order valence-electron chi connectivity index (χ0n) is 23.4. The van der Waals surface area contributed by atoms with Crippen LogP contribution in [0.1, 0.15) is 101 Å². The number of esters is 1. The molecule has 3 aliphatic heterocycles. The van der Waals surface area contributed by atoms with Crippen molar-refractivity contribution in [2.24, 2.45) is 11.8 Å². The molecule has 0 saturated carbocycles. The molecule has 6 atom stereocenters. The van der Waals surface area contributed by atoms with Gasteiger partial charge >= 0.3 is 5.97 Å². The van der Waals surface area contributed by atoms with Gasteiger partial charge in [-0.3, -0.25) is 0 Å². The van der Waals surface area contributed by atoms with Crippen molar-refractivity contribution < 1.29 is 24.1 Å². The molecule has 0 amide bonds. The van der Waals surface area contributed by atoms with Crippen LogP contribution in [0.4, 0.5) is 0 Å². The van der Waals surface area contributed by atoms with Crippen LogP contribution in [0.25, 0.3) is 5.57 Å². The van der Waals surface area contributed by atoms with E-state index in [4.69, 9.17) is 14.2 Å². The van der Waals surface area contributed by atoms with Crippen molar-refractivity contribution in [3.63, 3.8) is 0 Å². The van der Waals surface area contributed by atoms with Gasteiger partial charge in [0.15, 0.2) is 5.79 Å². The molecule has 202 valence electrons. The Morgan fingerprint density at radius 3 is 2.62 bits per heavy atom. The number of rotatable bonds is 1. The Bertz CT molecular complexity index is 1080. The summed E-state index contributed by atoms with van der Waals surface area (Å²) in [5.74, 6) is -0.0383. The Kier molecular flexibility index (Phi) is 8.65. The molecule has 1 aromatic carbocycles. The largest absolute Gasteiger partial charge is 0.508 e. The van der Waals surface area contributed by atoms with E-state index in [1.54, 1.807) is 19.1 Å². The first-order valence-electron chi connectivity index (χ1n) is 14.0. The monoisotopic (exact) mass is 508 g/mol. The Hall–Kier alpha value is -2.37. The molecule has 2 saturated heterocycles. The normalized spacial score (nSPS) is 37.0. The fourth-order valence-electron chi connectivity index (χ4n) is 6.04. The van der Waals surface area contributed by atoms with E-state index in [2.05, 4.69) is 39.8 Å². The summed E-state index contributed by atoms with van der Waals surface area (Å²) in [6, 6.07) is 3.42. The second-order valence-electron chi connectivity index (χ2n) is 11.6. The van der Waals surface area contributed by atoms with Crippen LogP contribution in [0.3, 0.4) is 0 Å². The average Bonchev–Trinajstić information content (AvgIpc) is 2.85. The SMILES string of the molecule is CC[C@H]1O[C@]2(CC[C@@H]1C)C[C@@H]1C[C@@H](C/C=C(\C)C[C@@H](C)/C=C/C=C(\C)c3cc(O)c(C)cc3C(=O)O1)O2. The number of phenols is 1. The molecular weight excluding hydrogens is 464 g/mol. The molecule has 0 aliphatic carbocycles. The van der Waals surface area contributed by atoms with E-state index >= 15 is 0 Å². The number of carbonyl (C=O) groups excluding carboxylic acids is 1. The summed E-state index contributed by atoms with van der Waals surface area (Å²) in [6.07, 6.45) is 14.0. The number of allylic oxidation sites excluding steroid dienone is 5. The summed E-state index contributed by atoms with van der Waals surface area (Å²) in [7, 11) is 0. The minimum absolute atomic E-state index is 0.0752. The van der Waals surface area contributed by atoms with Gasteiger partial charge in [0, 0.05) is 19.3 Å². The van der Waals surface area contributed by atoms with Crippen molar-refractivity contribution in [2.75, 3.05) is 0 Å². The van der Waals surface area contributed by atoms with Crippen LogP contribution in [0, 0.1) is 18.8 Å². The Morgan fingerprint density at radius 2 is 1.86 bits per heavy atom. The number of phenolic OH excluding ortho intramolecular Hbond substituents is 1. The molecule has 0 unspecified atom stereocenters. The van der Waals surface area contributed by atoms with Crippen LogP contribution < -0.4 is 0 Å². The van der Waals surface area contributed by atoms with Gasteiger partial charge in [-0.05, 0) is 87.1 Å². The molecule has 4 rings (SSSR count). The fourth-order valence-corrected chi connectivity index (χ4v) is 6.04. The number of aromatic hydroxyl groups is 1. The molecule has 2 bridgehead atoms. The van der Waals surface area contributed by atoms with Gasteiger partial charge in [-0.1, -0.05) is 50.6 Å². The maximum atomic E-state index is 13.6.